The first kappa shape index (κ1) is 20.0. The van der Waals surface area contributed by atoms with Crippen LogP contribution in [0.2, 0.25) is 0 Å². The van der Waals surface area contributed by atoms with Gasteiger partial charge in [-0.25, -0.2) is 4.52 Å². The number of rotatable bonds is 4. The summed E-state index contributed by atoms with van der Waals surface area (Å²) in [5.74, 6) is 0.674. The Bertz CT molecular complexity index is 1370. The lowest BCUT2D eigenvalue weighted by Gasteiger charge is -2.43. The maximum Gasteiger partial charge on any atom is 0.272 e. The van der Waals surface area contributed by atoms with E-state index in [1.165, 1.54) is 0 Å². The van der Waals surface area contributed by atoms with Gasteiger partial charge in [-0.2, -0.15) is 10.2 Å². The molecule has 2 atom stereocenters. The van der Waals surface area contributed by atoms with Gasteiger partial charge in [-0.05, 0) is 31.5 Å². The Morgan fingerprint density at radius 3 is 2.84 bits per heavy atom. The molecule has 5 rings (SSSR count). The van der Waals surface area contributed by atoms with Gasteiger partial charge in [-0.3, -0.25) is 14.7 Å². The van der Waals surface area contributed by atoms with Crippen LogP contribution in [0.3, 0.4) is 0 Å². The van der Waals surface area contributed by atoms with E-state index < -0.39 is 6.10 Å². The van der Waals surface area contributed by atoms with Crippen LogP contribution in [-0.2, 0) is 0 Å². The fourth-order valence-corrected chi connectivity index (χ4v) is 4.01. The smallest absolute Gasteiger partial charge is 0.272 e. The third-order valence-electron chi connectivity index (χ3n) is 6.02. The van der Waals surface area contributed by atoms with Crippen LogP contribution in [0.5, 0.6) is 11.5 Å². The van der Waals surface area contributed by atoms with E-state index in [1.807, 2.05) is 13.8 Å². The Morgan fingerprint density at radius 2 is 2.12 bits per heavy atom. The van der Waals surface area contributed by atoms with E-state index in [4.69, 9.17) is 4.74 Å². The Morgan fingerprint density at radius 1 is 1.31 bits per heavy atom. The molecule has 0 aliphatic carbocycles. The maximum atomic E-state index is 13.0. The van der Waals surface area contributed by atoms with E-state index in [0.717, 1.165) is 5.56 Å². The van der Waals surface area contributed by atoms with Gasteiger partial charge in [0.05, 0.1) is 29.4 Å². The zero-order chi connectivity index (χ0) is 22.6. The first-order valence-electron chi connectivity index (χ1n) is 10.2. The number of amides is 2. The third kappa shape index (κ3) is 2.99. The highest BCUT2D eigenvalue weighted by Gasteiger charge is 2.38. The number of fused-ring (bicyclic) bond motifs is 2. The zero-order valence-electron chi connectivity index (χ0n) is 17.8. The molecule has 10 nitrogen and oxygen atoms in total. The first-order chi connectivity index (χ1) is 15.4. The summed E-state index contributed by atoms with van der Waals surface area (Å²) in [5.41, 5.74) is 2.93. The van der Waals surface area contributed by atoms with Gasteiger partial charge >= 0.3 is 0 Å². The molecule has 164 valence electrons. The molecule has 0 unspecified atom stereocenters. The number of nitrogens with one attached hydrogen (secondary N) is 2. The Kier molecular flexibility index (Phi) is 4.59. The van der Waals surface area contributed by atoms with Crippen LogP contribution < -0.4 is 10.1 Å². The number of ether oxygens (including phenoxy) is 1. The van der Waals surface area contributed by atoms with Crippen molar-refractivity contribution in [2.24, 2.45) is 0 Å². The highest BCUT2D eigenvalue weighted by atomic mass is 16.5. The van der Waals surface area contributed by atoms with Gasteiger partial charge in [-0.1, -0.05) is 0 Å². The molecule has 1 aliphatic rings. The number of nitrogens with zero attached hydrogens (tertiary/aromatic N) is 4. The molecule has 4 aromatic rings. The standard InChI is InChI=1S/C22H22N6O4/c1-11-15(22(31)27-10-17(29)12(27)2)9-28-20(11)18(6-7-24-28)32-13-4-5-14-16(8-13)25-26-19(14)21(30)23-3/h4-9,12,17,29H,10H2,1-3H3,(H,23,30)(H,25,26)/t12-,17-/m1/s1. The van der Waals surface area contributed by atoms with E-state index >= 15 is 0 Å². The van der Waals surface area contributed by atoms with Crippen LogP contribution in [0.25, 0.3) is 16.4 Å². The lowest BCUT2D eigenvalue weighted by Crippen LogP contribution is -2.60. The minimum atomic E-state index is -0.491. The molecule has 1 aromatic carbocycles. The number of likely N-dealkylation sites (tertiary alicyclic amines) is 1. The minimum Gasteiger partial charge on any atom is -0.455 e. The number of hydrogen-bond acceptors (Lipinski definition) is 6. The van der Waals surface area contributed by atoms with E-state index in [-0.39, 0.29) is 17.9 Å². The van der Waals surface area contributed by atoms with Crippen LogP contribution in [0.1, 0.15) is 33.3 Å². The lowest BCUT2D eigenvalue weighted by molar-refractivity contribution is -0.0357. The molecule has 0 radical (unpaired) electrons. The predicted octanol–water partition coefficient (Wildman–Crippen LogP) is 1.88. The van der Waals surface area contributed by atoms with Crippen LogP contribution in [0.15, 0.2) is 36.7 Å². The van der Waals surface area contributed by atoms with Crippen molar-refractivity contribution >= 4 is 28.2 Å². The normalized spacial score (nSPS) is 18.1. The van der Waals surface area contributed by atoms with Gasteiger partial charge in [0, 0.05) is 37.3 Å². The molecule has 1 saturated heterocycles. The second-order valence-corrected chi connectivity index (χ2v) is 7.88. The van der Waals surface area contributed by atoms with Crippen molar-refractivity contribution in [2.75, 3.05) is 13.6 Å². The highest BCUT2D eigenvalue weighted by molar-refractivity contribution is 6.04. The van der Waals surface area contributed by atoms with Crippen molar-refractivity contribution in [3.05, 3.63) is 53.5 Å². The van der Waals surface area contributed by atoms with Crippen molar-refractivity contribution in [1.29, 1.82) is 0 Å². The predicted molar refractivity (Wildman–Crippen MR) is 116 cm³/mol. The molecule has 32 heavy (non-hydrogen) atoms. The van der Waals surface area contributed by atoms with E-state index in [9.17, 15) is 14.7 Å². The highest BCUT2D eigenvalue weighted by Crippen LogP contribution is 2.33. The van der Waals surface area contributed by atoms with Crippen molar-refractivity contribution in [3.8, 4) is 11.5 Å². The van der Waals surface area contributed by atoms with Gasteiger partial charge in [0.2, 0.25) is 0 Å². The van der Waals surface area contributed by atoms with Crippen LogP contribution >= 0.6 is 0 Å². The molecule has 1 fully saturated rings. The SMILES string of the molecule is CNC(=O)c1n[nH]c2cc(Oc3ccnn4cc(C(=O)N5C[C@@H](O)[C@H]5C)c(C)c34)ccc12. The molecular formula is C22H22N6O4. The molecule has 0 bridgehead atoms. The summed E-state index contributed by atoms with van der Waals surface area (Å²) < 4.78 is 7.76. The Labute approximate surface area is 182 Å². The number of hydrogen-bond donors (Lipinski definition) is 3. The Balaban J connectivity index is 1.49. The molecule has 2 amide bonds. The molecule has 4 heterocycles. The van der Waals surface area contributed by atoms with E-state index in [1.54, 1.807) is 53.1 Å². The summed E-state index contributed by atoms with van der Waals surface area (Å²) in [7, 11) is 1.55. The van der Waals surface area contributed by atoms with Crippen molar-refractivity contribution in [2.45, 2.75) is 26.0 Å². The minimum absolute atomic E-state index is 0.141. The molecule has 3 aromatic heterocycles. The summed E-state index contributed by atoms with van der Waals surface area (Å²) in [6.45, 7) is 4.00. The van der Waals surface area contributed by atoms with Crippen molar-refractivity contribution in [3.63, 3.8) is 0 Å². The summed E-state index contributed by atoms with van der Waals surface area (Å²) in [4.78, 5) is 26.5. The summed E-state index contributed by atoms with van der Waals surface area (Å²) in [6, 6.07) is 6.82. The zero-order valence-corrected chi connectivity index (χ0v) is 17.8. The lowest BCUT2D eigenvalue weighted by atomic mass is 9.99. The summed E-state index contributed by atoms with van der Waals surface area (Å²) >= 11 is 0. The number of benzene rings is 1. The van der Waals surface area contributed by atoms with E-state index in [2.05, 4.69) is 20.6 Å². The number of aromatic nitrogens is 4. The number of aliphatic hydroxyl groups is 1. The van der Waals surface area contributed by atoms with Gasteiger partial charge < -0.3 is 20.1 Å². The number of carbonyl (C=O) groups excluding carboxylic acids is 2. The van der Waals surface area contributed by atoms with Gasteiger partial charge in [0.15, 0.2) is 11.4 Å². The Hall–Kier alpha value is -3.92. The monoisotopic (exact) mass is 434 g/mol. The third-order valence-corrected chi connectivity index (χ3v) is 6.02. The molecule has 0 saturated carbocycles. The second-order valence-electron chi connectivity index (χ2n) is 7.88. The quantitative estimate of drug-likeness (QED) is 0.450. The number of β-amino-alcohol motifs (C(OH)–C–C–N with tert-alkyl or cyclic N) is 1. The van der Waals surface area contributed by atoms with Gasteiger partial charge in [0.25, 0.3) is 11.8 Å². The molecule has 3 N–H and O–H groups in total. The summed E-state index contributed by atoms with van der Waals surface area (Å²) in [5, 5.41) is 24.3. The number of H-pyrrole nitrogens is 1. The van der Waals surface area contributed by atoms with Crippen molar-refractivity contribution in [1.82, 2.24) is 30.0 Å². The molecular weight excluding hydrogens is 412 g/mol. The average molecular weight is 434 g/mol. The topological polar surface area (TPSA) is 125 Å². The van der Waals surface area contributed by atoms with Crippen LogP contribution in [0.4, 0.5) is 0 Å². The number of aromatic amines is 1. The van der Waals surface area contributed by atoms with E-state index in [0.29, 0.717) is 45.7 Å². The average Bonchev–Trinajstić information content (AvgIpc) is 3.37. The number of aliphatic hydroxyl groups excluding tert-OH is 1. The fourth-order valence-electron chi connectivity index (χ4n) is 4.01. The largest absolute Gasteiger partial charge is 0.455 e. The van der Waals surface area contributed by atoms with Crippen molar-refractivity contribution < 1.29 is 19.4 Å². The molecule has 1 aliphatic heterocycles. The second kappa shape index (κ2) is 7.34. The van der Waals surface area contributed by atoms with Crippen LogP contribution in [-0.4, -0.2) is 67.4 Å². The fraction of sp³-hybridized carbons (Fsp3) is 0.273. The molecule has 0 spiro atoms. The van der Waals surface area contributed by atoms with Crippen LogP contribution in [0, 0.1) is 6.92 Å². The maximum absolute atomic E-state index is 13.0. The number of carbonyl (C=O) groups is 2. The first-order valence-corrected chi connectivity index (χ1v) is 10.2. The van der Waals surface area contributed by atoms with Gasteiger partial charge in [-0.15, -0.1) is 0 Å². The summed E-state index contributed by atoms with van der Waals surface area (Å²) in [6.07, 6.45) is 2.80. The number of aryl methyl sites for hydroxylation is 1. The van der Waals surface area contributed by atoms with Gasteiger partial charge in [0.1, 0.15) is 11.3 Å². The molecule has 10 heteroatoms.